The van der Waals surface area contributed by atoms with E-state index in [0.29, 0.717) is 19.6 Å². The third-order valence-electron chi connectivity index (χ3n) is 2.16. The average Bonchev–Trinajstić information content (AvgIpc) is 2.17. The molecular formula is C10H24N2O3S. The zero-order valence-electron chi connectivity index (χ0n) is 10.7. The van der Waals surface area contributed by atoms with Crippen molar-refractivity contribution in [3.8, 4) is 0 Å². The van der Waals surface area contributed by atoms with Crippen molar-refractivity contribution >= 4 is 10.0 Å². The molecule has 0 amide bonds. The highest BCUT2D eigenvalue weighted by atomic mass is 32.2. The van der Waals surface area contributed by atoms with E-state index in [9.17, 15) is 8.42 Å². The van der Waals surface area contributed by atoms with E-state index in [1.807, 2.05) is 20.9 Å². The number of nitrogens with zero attached hydrogens (tertiary/aromatic N) is 1. The van der Waals surface area contributed by atoms with Crippen molar-refractivity contribution in [1.82, 2.24) is 9.62 Å². The molecule has 98 valence electrons. The molecule has 0 aliphatic carbocycles. The van der Waals surface area contributed by atoms with Crippen molar-refractivity contribution in [2.24, 2.45) is 0 Å². The van der Waals surface area contributed by atoms with E-state index in [4.69, 9.17) is 4.74 Å². The molecule has 0 saturated heterocycles. The summed E-state index contributed by atoms with van der Waals surface area (Å²) in [7, 11) is 0.291. The Hall–Kier alpha value is -0.170. The van der Waals surface area contributed by atoms with Gasteiger partial charge in [-0.25, -0.2) is 12.7 Å². The summed E-state index contributed by atoms with van der Waals surface area (Å²) < 4.78 is 30.1. The minimum absolute atomic E-state index is 0.139. The van der Waals surface area contributed by atoms with E-state index in [1.54, 1.807) is 7.05 Å². The molecule has 0 aliphatic heterocycles. The van der Waals surface area contributed by atoms with Crippen LogP contribution in [0, 0.1) is 0 Å². The highest BCUT2D eigenvalue weighted by molar-refractivity contribution is 7.89. The Kier molecular flexibility index (Phi) is 7.91. The van der Waals surface area contributed by atoms with Crippen molar-refractivity contribution in [3.63, 3.8) is 0 Å². The number of rotatable bonds is 9. The summed E-state index contributed by atoms with van der Waals surface area (Å²) in [6.07, 6.45) is 0.772. The smallest absolute Gasteiger partial charge is 0.213 e. The Morgan fingerprint density at radius 2 is 2.00 bits per heavy atom. The summed E-state index contributed by atoms with van der Waals surface area (Å²) >= 11 is 0. The van der Waals surface area contributed by atoms with Crippen LogP contribution < -0.4 is 5.32 Å². The Morgan fingerprint density at radius 3 is 2.50 bits per heavy atom. The average molecular weight is 252 g/mol. The van der Waals surface area contributed by atoms with Gasteiger partial charge >= 0.3 is 0 Å². The van der Waals surface area contributed by atoms with Gasteiger partial charge < -0.3 is 10.1 Å². The number of nitrogens with one attached hydrogen (secondary N) is 1. The summed E-state index contributed by atoms with van der Waals surface area (Å²) in [5.41, 5.74) is 0. The second-order valence-corrected chi connectivity index (χ2v) is 6.21. The SMILES string of the molecule is CNCCCS(=O)(=O)N(C)CCOC(C)C. The highest BCUT2D eigenvalue weighted by Crippen LogP contribution is 2.00. The zero-order valence-corrected chi connectivity index (χ0v) is 11.5. The van der Waals surface area contributed by atoms with Crippen molar-refractivity contribution in [2.45, 2.75) is 26.4 Å². The summed E-state index contributed by atoms with van der Waals surface area (Å²) in [5, 5.41) is 2.93. The number of sulfonamides is 1. The Morgan fingerprint density at radius 1 is 1.38 bits per heavy atom. The first-order chi connectivity index (χ1) is 7.40. The molecule has 0 heterocycles. The minimum Gasteiger partial charge on any atom is -0.377 e. The summed E-state index contributed by atoms with van der Waals surface area (Å²) in [6.45, 7) is 5.44. The van der Waals surface area contributed by atoms with Crippen LogP contribution in [-0.2, 0) is 14.8 Å². The van der Waals surface area contributed by atoms with Crippen LogP contribution in [0.2, 0.25) is 0 Å². The van der Waals surface area contributed by atoms with E-state index in [0.717, 1.165) is 6.54 Å². The molecule has 6 heteroatoms. The lowest BCUT2D eigenvalue weighted by Gasteiger charge is -2.17. The van der Waals surface area contributed by atoms with Crippen LogP contribution in [0.3, 0.4) is 0 Å². The lowest BCUT2D eigenvalue weighted by atomic mass is 10.5. The van der Waals surface area contributed by atoms with Crippen molar-refractivity contribution in [1.29, 1.82) is 0 Å². The minimum atomic E-state index is -3.12. The maximum atomic E-state index is 11.7. The van der Waals surface area contributed by atoms with Crippen molar-refractivity contribution < 1.29 is 13.2 Å². The first kappa shape index (κ1) is 15.8. The predicted octanol–water partition coefficient (Wildman–Crippen LogP) is 0.283. The van der Waals surface area contributed by atoms with Gasteiger partial charge in [0.05, 0.1) is 18.5 Å². The third-order valence-corrected chi connectivity index (χ3v) is 4.10. The van der Waals surface area contributed by atoms with E-state index in [1.165, 1.54) is 4.31 Å². The van der Waals surface area contributed by atoms with Crippen molar-refractivity contribution in [3.05, 3.63) is 0 Å². The fraction of sp³-hybridized carbons (Fsp3) is 1.00. The molecule has 0 unspecified atom stereocenters. The van der Waals surface area contributed by atoms with Crippen LogP contribution in [-0.4, -0.2) is 58.4 Å². The normalized spacial score (nSPS) is 12.6. The fourth-order valence-corrected chi connectivity index (χ4v) is 2.32. The van der Waals surface area contributed by atoms with Gasteiger partial charge in [-0.1, -0.05) is 0 Å². The molecule has 0 rings (SSSR count). The molecule has 0 aliphatic rings. The molecule has 16 heavy (non-hydrogen) atoms. The molecule has 0 radical (unpaired) electrons. The molecule has 1 N–H and O–H groups in total. The summed E-state index contributed by atoms with van der Waals surface area (Å²) in [6, 6.07) is 0. The monoisotopic (exact) mass is 252 g/mol. The lowest BCUT2D eigenvalue weighted by Crippen LogP contribution is -2.33. The number of hydrogen-bond acceptors (Lipinski definition) is 4. The predicted molar refractivity (Wildman–Crippen MR) is 66.0 cm³/mol. The topological polar surface area (TPSA) is 58.6 Å². The van der Waals surface area contributed by atoms with Crippen LogP contribution in [0.25, 0.3) is 0 Å². The standard InChI is InChI=1S/C10H24N2O3S/c1-10(2)15-8-7-12(4)16(13,14)9-5-6-11-3/h10-11H,5-9H2,1-4H3. The second kappa shape index (κ2) is 8.00. The lowest BCUT2D eigenvalue weighted by molar-refractivity contribution is 0.0737. The molecule has 0 aromatic heterocycles. The van der Waals surface area contributed by atoms with Gasteiger partial charge in [0, 0.05) is 13.6 Å². The van der Waals surface area contributed by atoms with Crippen LogP contribution in [0.5, 0.6) is 0 Å². The van der Waals surface area contributed by atoms with E-state index in [-0.39, 0.29) is 11.9 Å². The van der Waals surface area contributed by atoms with Crippen LogP contribution in [0.1, 0.15) is 20.3 Å². The molecule has 0 saturated carbocycles. The molecule has 0 spiro atoms. The number of hydrogen-bond donors (Lipinski definition) is 1. The second-order valence-electron chi connectivity index (χ2n) is 4.01. The first-order valence-corrected chi connectivity index (χ1v) is 7.21. The number of likely N-dealkylation sites (N-methyl/N-ethyl adjacent to an activating group) is 1. The Labute approximate surface area is 99.2 Å². The Balaban J connectivity index is 3.90. The fourth-order valence-electron chi connectivity index (χ4n) is 1.14. The molecule has 0 bridgehead atoms. The van der Waals surface area contributed by atoms with Crippen LogP contribution in [0.15, 0.2) is 0 Å². The molecule has 0 aromatic rings. The quantitative estimate of drug-likeness (QED) is 0.599. The van der Waals surface area contributed by atoms with Crippen LogP contribution >= 0.6 is 0 Å². The highest BCUT2D eigenvalue weighted by Gasteiger charge is 2.16. The molecular weight excluding hydrogens is 228 g/mol. The van der Waals surface area contributed by atoms with Gasteiger partial charge in [0.2, 0.25) is 10.0 Å². The maximum Gasteiger partial charge on any atom is 0.213 e. The zero-order chi connectivity index (χ0) is 12.6. The van der Waals surface area contributed by atoms with E-state index >= 15 is 0 Å². The van der Waals surface area contributed by atoms with Gasteiger partial charge in [-0.3, -0.25) is 0 Å². The largest absolute Gasteiger partial charge is 0.377 e. The van der Waals surface area contributed by atoms with E-state index in [2.05, 4.69) is 5.32 Å². The van der Waals surface area contributed by atoms with Gasteiger partial charge in [0.1, 0.15) is 0 Å². The van der Waals surface area contributed by atoms with Crippen molar-refractivity contribution in [2.75, 3.05) is 39.5 Å². The Bertz CT molecular complexity index is 265. The third kappa shape index (κ3) is 7.16. The molecule has 5 nitrogen and oxygen atoms in total. The van der Waals surface area contributed by atoms with Crippen LogP contribution in [0.4, 0.5) is 0 Å². The van der Waals surface area contributed by atoms with Gasteiger partial charge in [0.25, 0.3) is 0 Å². The summed E-state index contributed by atoms with van der Waals surface area (Å²) in [5.74, 6) is 0.187. The van der Waals surface area contributed by atoms with Gasteiger partial charge in [0.15, 0.2) is 0 Å². The van der Waals surface area contributed by atoms with Gasteiger partial charge in [-0.2, -0.15) is 0 Å². The van der Waals surface area contributed by atoms with E-state index < -0.39 is 10.0 Å². The molecule has 0 atom stereocenters. The summed E-state index contributed by atoms with van der Waals surface area (Å²) in [4.78, 5) is 0. The molecule has 0 aromatic carbocycles. The maximum absolute atomic E-state index is 11.7. The number of ether oxygens (including phenoxy) is 1. The van der Waals surface area contributed by atoms with Gasteiger partial charge in [-0.05, 0) is 33.9 Å². The van der Waals surface area contributed by atoms with Gasteiger partial charge in [-0.15, -0.1) is 0 Å². The first-order valence-electron chi connectivity index (χ1n) is 5.60. The molecule has 0 fully saturated rings.